The number of aromatic nitrogens is 2. The number of nitrogens with zero attached hydrogens (tertiary/aromatic N) is 4. The zero-order valence-electron chi connectivity index (χ0n) is 18.4. The van der Waals surface area contributed by atoms with Gasteiger partial charge in [0.1, 0.15) is 0 Å². The maximum absolute atomic E-state index is 13.4. The lowest BCUT2D eigenvalue weighted by molar-refractivity contribution is 0.348. The smallest absolute Gasteiger partial charge is 0.198 e. The van der Waals surface area contributed by atoms with Gasteiger partial charge in [-0.15, -0.1) is 0 Å². The van der Waals surface area contributed by atoms with Crippen molar-refractivity contribution in [1.82, 2.24) is 20.0 Å². The minimum atomic E-state index is -0.170. The highest BCUT2D eigenvalue weighted by molar-refractivity contribution is 5.96. The van der Waals surface area contributed by atoms with Gasteiger partial charge in [-0.3, -0.25) is 19.6 Å². The van der Waals surface area contributed by atoms with Crippen molar-refractivity contribution in [1.29, 1.82) is 0 Å². The molecule has 2 aromatic carbocycles. The first-order valence-corrected chi connectivity index (χ1v) is 11.7. The minimum absolute atomic E-state index is 0.170. The Balaban J connectivity index is 1.61. The van der Waals surface area contributed by atoms with Crippen LogP contribution in [0.2, 0.25) is 0 Å². The number of H-pyrrole nitrogens is 2. The number of hydrogen-bond acceptors (Lipinski definition) is 6. The van der Waals surface area contributed by atoms with E-state index in [-0.39, 0.29) is 10.9 Å². The molecule has 2 aliphatic heterocycles. The Morgan fingerprint density at radius 1 is 0.688 bits per heavy atom. The van der Waals surface area contributed by atoms with E-state index in [0.717, 1.165) is 39.3 Å². The summed E-state index contributed by atoms with van der Waals surface area (Å²) in [6, 6.07) is 3.71. The number of benzene rings is 2. The highest BCUT2D eigenvalue weighted by Gasteiger charge is 2.15. The molecule has 8 nitrogen and oxygen atoms in total. The predicted molar refractivity (Wildman–Crippen MR) is 126 cm³/mol. The normalized spacial score (nSPS) is 19.1. The fraction of sp³-hybridized carbons (Fsp3) is 0.500. The molecule has 0 bridgehead atoms. The molecule has 1 aromatic heterocycles. The van der Waals surface area contributed by atoms with Crippen LogP contribution < -0.4 is 21.6 Å². The van der Waals surface area contributed by atoms with Gasteiger partial charge < -0.3 is 20.0 Å². The number of rotatable bonds is 6. The lowest BCUT2D eigenvalue weighted by Crippen LogP contribution is -2.29. The van der Waals surface area contributed by atoms with Crippen LogP contribution in [0.25, 0.3) is 21.5 Å². The third kappa shape index (κ3) is 4.12. The molecule has 0 saturated carbocycles. The SMILES string of the molecule is O=c1c2c[nH][nH]cc2c(=O)c2c(=NCCN3CCCC3)ccc(=NCCN3CCCC3)c12. The van der Waals surface area contributed by atoms with Crippen LogP contribution >= 0.6 is 0 Å². The van der Waals surface area contributed by atoms with E-state index in [2.05, 4.69) is 20.0 Å². The van der Waals surface area contributed by atoms with E-state index in [1.807, 2.05) is 12.1 Å². The Kier molecular flexibility index (Phi) is 6.14. The van der Waals surface area contributed by atoms with Gasteiger partial charge in [-0.25, -0.2) is 0 Å². The fourth-order valence-electron chi connectivity index (χ4n) is 4.97. The molecule has 2 N–H and O–H groups in total. The molecule has 3 heterocycles. The van der Waals surface area contributed by atoms with Gasteiger partial charge in [0, 0.05) is 25.5 Å². The molecule has 0 amide bonds. The average Bonchev–Trinajstić information content (AvgIpc) is 3.52. The monoisotopic (exact) mass is 434 g/mol. The summed E-state index contributed by atoms with van der Waals surface area (Å²) >= 11 is 0. The second kappa shape index (κ2) is 9.34. The molecule has 8 heteroatoms. The quantitative estimate of drug-likeness (QED) is 0.561. The third-order valence-corrected chi connectivity index (χ3v) is 6.71. The highest BCUT2D eigenvalue weighted by atomic mass is 16.1. The van der Waals surface area contributed by atoms with E-state index in [9.17, 15) is 9.59 Å². The van der Waals surface area contributed by atoms with Gasteiger partial charge in [0.2, 0.25) is 0 Å². The maximum Gasteiger partial charge on any atom is 0.198 e. The maximum atomic E-state index is 13.4. The number of hydrogen-bond donors (Lipinski definition) is 2. The van der Waals surface area contributed by atoms with E-state index in [1.54, 1.807) is 12.4 Å². The summed E-state index contributed by atoms with van der Waals surface area (Å²) in [7, 11) is 0. The lowest BCUT2D eigenvalue weighted by Gasteiger charge is -2.12. The van der Waals surface area contributed by atoms with E-state index in [0.29, 0.717) is 45.3 Å². The molecule has 0 spiro atoms. The fourth-order valence-corrected chi connectivity index (χ4v) is 4.97. The topological polar surface area (TPSA) is 96.9 Å². The van der Waals surface area contributed by atoms with Gasteiger partial charge in [-0.2, -0.15) is 0 Å². The summed E-state index contributed by atoms with van der Waals surface area (Å²) in [6.45, 7) is 7.41. The predicted octanol–water partition coefficient (Wildman–Crippen LogP) is 0.800. The van der Waals surface area contributed by atoms with Crippen LogP contribution in [0.4, 0.5) is 0 Å². The molecule has 0 aliphatic carbocycles. The van der Waals surface area contributed by atoms with E-state index < -0.39 is 0 Å². The van der Waals surface area contributed by atoms with Crippen LogP contribution in [0.3, 0.4) is 0 Å². The van der Waals surface area contributed by atoms with Gasteiger partial charge in [-0.1, -0.05) is 0 Å². The van der Waals surface area contributed by atoms with E-state index >= 15 is 0 Å². The van der Waals surface area contributed by atoms with Crippen LogP contribution in [0.5, 0.6) is 0 Å². The minimum Gasteiger partial charge on any atom is -0.308 e. The van der Waals surface area contributed by atoms with Crippen molar-refractivity contribution in [3.05, 3.63) is 55.7 Å². The van der Waals surface area contributed by atoms with Crippen molar-refractivity contribution in [2.24, 2.45) is 9.98 Å². The summed E-state index contributed by atoms with van der Waals surface area (Å²) in [6.07, 6.45) is 8.06. The van der Waals surface area contributed by atoms with Crippen molar-refractivity contribution in [3.63, 3.8) is 0 Å². The summed E-state index contributed by atoms with van der Waals surface area (Å²) in [5, 5.41) is 8.37. The number of nitrogens with one attached hydrogen (secondary N) is 2. The Morgan fingerprint density at radius 3 is 1.50 bits per heavy atom. The molecule has 2 aliphatic rings. The second-order valence-electron chi connectivity index (χ2n) is 8.78. The van der Waals surface area contributed by atoms with Gasteiger partial charge in [0.05, 0.1) is 45.3 Å². The van der Waals surface area contributed by atoms with Crippen LogP contribution in [-0.4, -0.2) is 72.4 Å². The number of fused-ring (bicyclic) bond motifs is 2. The zero-order chi connectivity index (χ0) is 21.9. The molecular formula is C24H30N6O2. The van der Waals surface area contributed by atoms with Gasteiger partial charge in [0.15, 0.2) is 10.9 Å². The van der Waals surface area contributed by atoms with Gasteiger partial charge in [0.25, 0.3) is 0 Å². The van der Waals surface area contributed by atoms with Crippen molar-refractivity contribution >= 4 is 21.5 Å². The third-order valence-electron chi connectivity index (χ3n) is 6.71. The van der Waals surface area contributed by atoms with E-state index in [4.69, 9.17) is 9.98 Å². The Morgan fingerprint density at radius 2 is 1.09 bits per heavy atom. The molecule has 0 atom stereocenters. The first-order chi connectivity index (χ1) is 15.7. The Bertz CT molecular complexity index is 1240. The number of likely N-dealkylation sites (tertiary alicyclic amines) is 2. The highest BCUT2D eigenvalue weighted by Crippen LogP contribution is 2.08. The zero-order valence-corrected chi connectivity index (χ0v) is 18.4. The van der Waals surface area contributed by atoms with Crippen LogP contribution in [0.1, 0.15) is 25.7 Å². The molecule has 0 unspecified atom stereocenters. The molecule has 32 heavy (non-hydrogen) atoms. The Hall–Kier alpha value is -2.84. The molecular weight excluding hydrogens is 404 g/mol. The Labute approximate surface area is 185 Å². The van der Waals surface area contributed by atoms with Crippen molar-refractivity contribution < 1.29 is 0 Å². The van der Waals surface area contributed by atoms with Crippen molar-refractivity contribution in [2.45, 2.75) is 25.7 Å². The van der Waals surface area contributed by atoms with Gasteiger partial charge in [-0.05, 0) is 64.0 Å². The molecule has 2 saturated heterocycles. The summed E-state index contributed by atoms with van der Waals surface area (Å²) < 4.78 is 0. The average molecular weight is 435 g/mol. The van der Waals surface area contributed by atoms with Gasteiger partial charge >= 0.3 is 0 Å². The molecule has 3 aromatic rings. The van der Waals surface area contributed by atoms with Crippen molar-refractivity contribution in [3.8, 4) is 0 Å². The summed E-state index contributed by atoms with van der Waals surface area (Å²) in [4.78, 5) is 41.1. The van der Waals surface area contributed by atoms with Crippen LogP contribution in [-0.2, 0) is 0 Å². The number of aromatic amines is 2. The second-order valence-corrected chi connectivity index (χ2v) is 8.78. The standard InChI is InChI=1S/C24H30N6O2/c31-23-17-15-27-28-16-18(17)24(32)22-20(26-8-14-30-11-3-4-12-30)6-5-19(21(22)23)25-7-13-29-9-1-2-10-29/h5-6,15-16,27-28H,1-4,7-14H2. The first-order valence-electron chi connectivity index (χ1n) is 11.7. The summed E-state index contributed by atoms with van der Waals surface area (Å²) in [5.74, 6) is 0. The van der Waals surface area contributed by atoms with E-state index in [1.165, 1.54) is 25.7 Å². The molecule has 168 valence electrons. The van der Waals surface area contributed by atoms with Crippen LogP contribution in [0.15, 0.2) is 44.1 Å². The molecule has 0 radical (unpaired) electrons. The van der Waals surface area contributed by atoms with Crippen molar-refractivity contribution in [2.75, 3.05) is 52.4 Å². The van der Waals surface area contributed by atoms with Crippen LogP contribution in [0, 0.1) is 0 Å². The molecule has 2 fully saturated rings. The first kappa shape index (κ1) is 21.0. The largest absolute Gasteiger partial charge is 0.308 e. The molecule has 5 rings (SSSR count). The lowest BCUT2D eigenvalue weighted by atomic mass is 10.0. The summed E-state index contributed by atoms with van der Waals surface area (Å²) in [5.41, 5.74) is -0.340.